The molecule has 0 unspecified atom stereocenters. The molecule has 0 aromatic heterocycles. The van der Waals surface area contributed by atoms with Crippen LogP contribution in [0.1, 0.15) is 24.0 Å². The molecule has 0 spiro atoms. The van der Waals surface area contributed by atoms with E-state index >= 15 is 0 Å². The quantitative estimate of drug-likeness (QED) is 0.763. The molecule has 0 aliphatic carbocycles. The molecule has 4 heteroatoms. The summed E-state index contributed by atoms with van der Waals surface area (Å²) in [4.78, 5) is 24.1. The van der Waals surface area contributed by atoms with Gasteiger partial charge in [-0.05, 0) is 31.0 Å². The molecule has 2 rings (SSSR count). The van der Waals surface area contributed by atoms with E-state index in [9.17, 15) is 9.59 Å². The molecule has 0 radical (unpaired) electrons. The van der Waals surface area contributed by atoms with E-state index in [4.69, 9.17) is 4.74 Å². The lowest BCUT2D eigenvalue weighted by molar-refractivity contribution is -0.138. The first-order valence-corrected chi connectivity index (χ1v) is 6.12. The highest BCUT2D eigenvalue weighted by molar-refractivity contribution is 6.01. The highest BCUT2D eigenvalue weighted by Crippen LogP contribution is 2.20. The van der Waals surface area contributed by atoms with Gasteiger partial charge in [-0.3, -0.25) is 14.5 Å². The molecule has 0 atom stereocenters. The molecule has 1 heterocycles. The first kappa shape index (κ1) is 12.6. The van der Waals surface area contributed by atoms with Gasteiger partial charge in [0, 0.05) is 12.8 Å². The van der Waals surface area contributed by atoms with Crippen LogP contribution < -0.4 is 4.74 Å². The molecule has 1 fully saturated rings. The minimum atomic E-state index is -0.0930. The van der Waals surface area contributed by atoms with Crippen molar-refractivity contribution in [2.24, 2.45) is 0 Å². The Balaban J connectivity index is 1.91. The maximum Gasteiger partial charge on any atom is 0.229 e. The van der Waals surface area contributed by atoms with Crippen LogP contribution in [0.25, 0.3) is 0 Å². The van der Waals surface area contributed by atoms with E-state index in [1.165, 1.54) is 10.5 Å². The van der Waals surface area contributed by atoms with Crippen LogP contribution >= 0.6 is 0 Å². The van der Waals surface area contributed by atoms with Crippen molar-refractivity contribution < 1.29 is 14.3 Å². The van der Waals surface area contributed by atoms with Gasteiger partial charge in [-0.15, -0.1) is 0 Å². The van der Waals surface area contributed by atoms with Crippen LogP contribution in [-0.4, -0.2) is 29.9 Å². The van der Waals surface area contributed by atoms with Crippen molar-refractivity contribution in [1.82, 2.24) is 4.90 Å². The fourth-order valence-electron chi connectivity index (χ4n) is 2.00. The maximum atomic E-state index is 11.4. The molecule has 0 saturated carbocycles. The molecule has 1 aromatic carbocycles. The molecule has 4 nitrogen and oxygen atoms in total. The van der Waals surface area contributed by atoms with Gasteiger partial charge in [-0.1, -0.05) is 12.1 Å². The minimum absolute atomic E-state index is 0.0930. The van der Waals surface area contributed by atoms with Crippen LogP contribution in [-0.2, 0) is 9.59 Å². The topological polar surface area (TPSA) is 46.6 Å². The van der Waals surface area contributed by atoms with Crippen molar-refractivity contribution in [2.75, 3.05) is 13.2 Å². The van der Waals surface area contributed by atoms with Crippen LogP contribution in [0.2, 0.25) is 0 Å². The molecule has 0 bridgehead atoms. The van der Waals surface area contributed by atoms with Crippen LogP contribution in [0, 0.1) is 13.8 Å². The van der Waals surface area contributed by atoms with Gasteiger partial charge in [-0.25, -0.2) is 0 Å². The predicted molar refractivity (Wildman–Crippen MR) is 67.4 cm³/mol. The van der Waals surface area contributed by atoms with E-state index in [1.54, 1.807) is 0 Å². The third kappa shape index (κ3) is 2.53. The van der Waals surface area contributed by atoms with E-state index in [0.717, 1.165) is 11.3 Å². The highest BCUT2D eigenvalue weighted by atomic mass is 16.5. The van der Waals surface area contributed by atoms with E-state index in [-0.39, 0.29) is 11.8 Å². The van der Waals surface area contributed by atoms with E-state index in [0.29, 0.717) is 26.0 Å². The van der Waals surface area contributed by atoms with E-state index < -0.39 is 0 Å². The summed E-state index contributed by atoms with van der Waals surface area (Å²) in [5.74, 6) is 0.628. The Morgan fingerprint density at radius 1 is 1.17 bits per heavy atom. The van der Waals surface area contributed by atoms with Crippen molar-refractivity contribution in [3.8, 4) is 5.75 Å². The second-order valence-corrected chi connectivity index (χ2v) is 4.49. The number of carbonyl (C=O) groups excluding carboxylic acids is 2. The Bertz CT molecular complexity index is 466. The van der Waals surface area contributed by atoms with Gasteiger partial charge in [0.15, 0.2) is 0 Å². The minimum Gasteiger partial charge on any atom is -0.491 e. The van der Waals surface area contributed by atoms with Gasteiger partial charge in [0.1, 0.15) is 12.4 Å². The Morgan fingerprint density at radius 3 is 2.50 bits per heavy atom. The molecule has 1 aromatic rings. The number of aryl methyl sites for hydroxylation is 1. The first-order chi connectivity index (χ1) is 8.59. The van der Waals surface area contributed by atoms with Gasteiger partial charge in [0.05, 0.1) is 6.54 Å². The van der Waals surface area contributed by atoms with Crippen molar-refractivity contribution in [3.05, 3.63) is 29.3 Å². The summed E-state index contributed by atoms with van der Waals surface area (Å²) in [7, 11) is 0. The number of ether oxygens (including phenoxy) is 1. The van der Waals surface area contributed by atoms with E-state index in [2.05, 4.69) is 0 Å². The molecular weight excluding hydrogens is 230 g/mol. The van der Waals surface area contributed by atoms with Crippen LogP contribution in [0.5, 0.6) is 5.75 Å². The number of nitrogens with zero attached hydrogens (tertiary/aromatic N) is 1. The summed E-state index contributed by atoms with van der Waals surface area (Å²) in [5, 5.41) is 0. The molecule has 1 aliphatic rings. The summed E-state index contributed by atoms with van der Waals surface area (Å²) in [6, 6.07) is 5.86. The number of likely N-dealkylation sites (tertiary alicyclic amines) is 1. The summed E-state index contributed by atoms with van der Waals surface area (Å²) < 4.78 is 5.63. The number of carbonyl (C=O) groups is 2. The zero-order valence-electron chi connectivity index (χ0n) is 10.7. The molecule has 18 heavy (non-hydrogen) atoms. The Labute approximate surface area is 107 Å². The average molecular weight is 247 g/mol. The third-order valence-electron chi connectivity index (χ3n) is 3.28. The lowest BCUT2D eigenvalue weighted by Gasteiger charge is -2.15. The fraction of sp³-hybridized carbons (Fsp3) is 0.429. The van der Waals surface area contributed by atoms with Crippen LogP contribution in [0.15, 0.2) is 18.2 Å². The maximum absolute atomic E-state index is 11.4. The van der Waals surface area contributed by atoms with Crippen molar-refractivity contribution in [1.29, 1.82) is 0 Å². The Hall–Kier alpha value is -1.84. The lowest BCUT2D eigenvalue weighted by atomic mass is 10.1. The SMILES string of the molecule is Cc1cccc(OCCN2C(=O)CCC2=O)c1C. The van der Waals surface area contributed by atoms with Crippen molar-refractivity contribution >= 4 is 11.8 Å². The molecule has 1 saturated heterocycles. The summed E-state index contributed by atoms with van der Waals surface area (Å²) in [6.07, 6.45) is 0.671. The molecular formula is C14H17NO3. The van der Waals surface area contributed by atoms with Crippen LogP contribution in [0.3, 0.4) is 0 Å². The number of hydrogen-bond acceptors (Lipinski definition) is 3. The Kier molecular flexibility index (Phi) is 3.65. The molecule has 2 amide bonds. The summed E-state index contributed by atoms with van der Waals surface area (Å²) in [5.41, 5.74) is 2.26. The first-order valence-electron chi connectivity index (χ1n) is 6.12. The zero-order chi connectivity index (χ0) is 13.1. The summed E-state index contributed by atoms with van der Waals surface area (Å²) in [6.45, 7) is 4.71. The van der Waals surface area contributed by atoms with Gasteiger partial charge >= 0.3 is 0 Å². The molecule has 96 valence electrons. The standard InChI is InChI=1S/C14H17NO3/c1-10-4-3-5-12(11(10)2)18-9-8-15-13(16)6-7-14(15)17/h3-5H,6-9H2,1-2H3. The predicted octanol–water partition coefficient (Wildman–Crippen LogP) is 1.83. The van der Waals surface area contributed by atoms with Gasteiger partial charge in [0.25, 0.3) is 0 Å². The van der Waals surface area contributed by atoms with Gasteiger partial charge < -0.3 is 4.74 Å². The second-order valence-electron chi connectivity index (χ2n) is 4.49. The zero-order valence-corrected chi connectivity index (χ0v) is 10.7. The largest absolute Gasteiger partial charge is 0.491 e. The van der Waals surface area contributed by atoms with Gasteiger partial charge in [0.2, 0.25) is 11.8 Å². The van der Waals surface area contributed by atoms with E-state index in [1.807, 2.05) is 32.0 Å². The van der Waals surface area contributed by atoms with Crippen LogP contribution in [0.4, 0.5) is 0 Å². The number of benzene rings is 1. The molecule has 1 aliphatic heterocycles. The lowest BCUT2D eigenvalue weighted by Crippen LogP contribution is -2.33. The number of rotatable bonds is 4. The van der Waals surface area contributed by atoms with Gasteiger partial charge in [-0.2, -0.15) is 0 Å². The Morgan fingerprint density at radius 2 is 1.83 bits per heavy atom. The summed E-state index contributed by atoms with van der Waals surface area (Å²) >= 11 is 0. The fourth-order valence-corrected chi connectivity index (χ4v) is 2.00. The normalized spacial score (nSPS) is 15.3. The van der Waals surface area contributed by atoms with Crippen molar-refractivity contribution in [2.45, 2.75) is 26.7 Å². The number of amides is 2. The third-order valence-corrected chi connectivity index (χ3v) is 3.28. The monoisotopic (exact) mass is 247 g/mol. The number of imide groups is 1. The second kappa shape index (κ2) is 5.21. The smallest absolute Gasteiger partial charge is 0.229 e. The molecule has 0 N–H and O–H groups in total. The highest BCUT2D eigenvalue weighted by Gasteiger charge is 2.28. The average Bonchev–Trinajstić information content (AvgIpc) is 2.66. The number of hydrogen-bond donors (Lipinski definition) is 0. The van der Waals surface area contributed by atoms with Crippen molar-refractivity contribution in [3.63, 3.8) is 0 Å².